The highest BCUT2D eigenvalue weighted by molar-refractivity contribution is 7.98. The molecule has 0 spiro atoms. The second kappa shape index (κ2) is 7.17. The van der Waals surface area contributed by atoms with E-state index in [-0.39, 0.29) is 5.82 Å². The molecule has 0 amide bonds. The maximum atomic E-state index is 13.0. The second-order valence-corrected chi connectivity index (χ2v) is 6.60. The van der Waals surface area contributed by atoms with Crippen molar-refractivity contribution in [3.8, 4) is 22.8 Å². The molecule has 0 atom stereocenters. The molecule has 4 aromatic rings. The Morgan fingerprint density at radius 2 is 1.73 bits per heavy atom. The molecule has 0 fully saturated rings. The SMILES string of the molecule is Cc1oc(-c2ccccc2)nc1CSc1ncc(-c2ccc(F)cc2)o1. The third kappa shape index (κ3) is 3.55. The van der Waals surface area contributed by atoms with E-state index in [4.69, 9.17) is 8.83 Å². The number of oxazole rings is 2. The third-order valence-corrected chi connectivity index (χ3v) is 4.71. The normalized spacial score (nSPS) is 11.0. The zero-order valence-corrected chi connectivity index (χ0v) is 14.8. The van der Waals surface area contributed by atoms with Crippen molar-refractivity contribution in [1.29, 1.82) is 0 Å². The van der Waals surface area contributed by atoms with Crippen LogP contribution in [0.5, 0.6) is 0 Å². The summed E-state index contributed by atoms with van der Waals surface area (Å²) >= 11 is 1.44. The summed E-state index contributed by atoms with van der Waals surface area (Å²) in [5, 5.41) is 0.535. The van der Waals surface area contributed by atoms with Crippen molar-refractivity contribution in [2.24, 2.45) is 0 Å². The number of halogens is 1. The molecule has 26 heavy (non-hydrogen) atoms. The van der Waals surface area contributed by atoms with E-state index in [1.807, 2.05) is 37.3 Å². The number of benzene rings is 2. The van der Waals surface area contributed by atoms with Crippen LogP contribution in [0, 0.1) is 12.7 Å². The van der Waals surface area contributed by atoms with Gasteiger partial charge in [0.05, 0.1) is 11.9 Å². The third-order valence-electron chi connectivity index (χ3n) is 3.86. The van der Waals surface area contributed by atoms with Crippen LogP contribution in [0.15, 0.2) is 74.9 Å². The average molecular weight is 366 g/mol. The van der Waals surface area contributed by atoms with Crippen LogP contribution in [0.3, 0.4) is 0 Å². The molecule has 0 saturated carbocycles. The van der Waals surface area contributed by atoms with Crippen LogP contribution in [-0.2, 0) is 5.75 Å². The van der Waals surface area contributed by atoms with Crippen molar-refractivity contribution in [3.63, 3.8) is 0 Å². The molecule has 0 unspecified atom stereocenters. The predicted molar refractivity (Wildman–Crippen MR) is 98.1 cm³/mol. The van der Waals surface area contributed by atoms with Crippen LogP contribution in [0.4, 0.5) is 4.39 Å². The Labute approximate surface area is 154 Å². The molecule has 0 N–H and O–H groups in total. The van der Waals surface area contributed by atoms with Gasteiger partial charge in [0.15, 0.2) is 5.76 Å². The van der Waals surface area contributed by atoms with Crippen molar-refractivity contribution in [1.82, 2.24) is 9.97 Å². The topological polar surface area (TPSA) is 52.1 Å². The minimum absolute atomic E-state index is 0.279. The highest BCUT2D eigenvalue weighted by atomic mass is 32.2. The van der Waals surface area contributed by atoms with Gasteiger partial charge in [0.2, 0.25) is 5.89 Å². The summed E-state index contributed by atoms with van der Waals surface area (Å²) in [7, 11) is 0. The minimum atomic E-state index is -0.279. The van der Waals surface area contributed by atoms with E-state index in [0.29, 0.717) is 22.6 Å². The summed E-state index contributed by atoms with van der Waals surface area (Å²) in [5.74, 6) is 2.30. The number of nitrogens with zero attached hydrogens (tertiary/aromatic N) is 2. The molecule has 2 aromatic carbocycles. The molecule has 0 bridgehead atoms. The molecule has 4 nitrogen and oxygen atoms in total. The Hall–Kier alpha value is -2.86. The first kappa shape index (κ1) is 16.6. The number of aromatic nitrogens is 2. The smallest absolute Gasteiger partial charge is 0.256 e. The molecule has 0 radical (unpaired) electrons. The van der Waals surface area contributed by atoms with Crippen LogP contribution in [-0.4, -0.2) is 9.97 Å². The lowest BCUT2D eigenvalue weighted by Gasteiger charge is -1.96. The van der Waals surface area contributed by atoms with Crippen molar-refractivity contribution in [2.45, 2.75) is 17.9 Å². The average Bonchev–Trinajstić information content (AvgIpc) is 3.28. The van der Waals surface area contributed by atoms with Gasteiger partial charge < -0.3 is 8.83 Å². The lowest BCUT2D eigenvalue weighted by molar-refractivity contribution is 0.466. The Morgan fingerprint density at radius 3 is 2.50 bits per heavy atom. The van der Waals surface area contributed by atoms with Crippen LogP contribution < -0.4 is 0 Å². The van der Waals surface area contributed by atoms with E-state index in [1.54, 1.807) is 18.3 Å². The van der Waals surface area contributed by atoms with Gasteiger partial charge in [-0.25, -0.2) is 14.4 Å². The maximum absolute atomic E-state index is 13.0. The first-order valence-corrected chi connectivity index (χ1v) is 9.04. The van der Waals surface area contributed by atoms with Crippen LogP contribution in [0.1, 0.15) is 11.5 Å². The zero-order chi connectivity index (χ0) is 17.9. The predicted octanol–water partition coefficient (Wildman–Crippen LogP) is 5.74. The van der Waals surface area contributed by atoms with Gasteiger partial charge in [0.25, 0.3) is 5.22 Å². The van der Waals surface area contributed by atoms with Crippen molar-refractivity contribution in [2.75, 3.05) is 0 Å². The highest BCUT2D eigenvalue weighted by Gasteiger charge is 2.13. The molecule has 6 heteroatoms. The standard InChI is InChI=1S/C20H15FN2O2S/c1-13-17(23-19(24-13)15-5-3-2-4-6-15)12-26-20-22-11-18(25-20)14-7-9-16(21)10-8-14/h2-11H,12H2,1H3. The summed E-state index contributed by atoms with van der Waals surface area (Å²) in [6.45, 7) is 1.90. The van der Waals surface area contributed by atoms with Crippen LogP contribution >= 0.6 is 11.8 Å². The number of thioether (sulfide) groups is 1. The first-order chi connectivity index (χ1) is 12.7. The Bertz CT molecular complexity index is 1010. The number of rotatable bonds is 5. The zero-order valence-electron chi connectivity index (χ0n) is 14.0. The number of aryl methyl sites for hydroxylation is 1. The van der Waals surface area contributed by atoms with Gasteiger partial charge in [-0.1, -0.05) is 30.0 Å². The molecule has 0 saturated heterocycles. The van der Waals surface area contributed by atoms with Crippen molar-refractivity contribution < 1.29 is 13.2 Å². The molecule has 4 rings (SSSR count). The van der Waals surface area contributed by atoms with E-state index >= 15 is 0 Å². The summed E-state index contributed by atoms with van der Waals surface area (Å²) in [6, 6.07) is 15.9. The second-order valence-electron chi connectivity index (χ2n) is 5.67. The fourth-order valence-corrected chi connectivity index (χ4v) is 3.27. The van der Waals surface area contributed by atoms with Gasteiger partial charge in [0, 0.05) is 16.9 Å². The quantitative estimate of drug-likeness (QED) is 0.422. The van der Waals surface area contributed by atoms with Crippen molar-refractivity contribution >= 4 is 11.8 Å². The lowest BCUT2D eigenvalue weighted by Crippen LogP contribution is -1.84. The van der Waals surface area contributed by atoms with E-state index in [2.05, 4.69) is 9.97 Å². The van der Waals surface area contributed by atoms with E-state index in [9.17, 15) is 4.39 Å². The monoisotopic (exact) mass is 366 g/mol. The molecule has 2 aromatic heterocycles. The summed E-state index contributed by atoms with van der Waals surface area (Å²) in [6.07, 6.45) is 1.64. The molecular formula is C20H15FN2O2S. The lowest BCUT2D eigenvalue weighted by atomic mass is 10.2. The van der Waals surface area contributed by atoms with Gasteiger partial charge in [-0.3, -0.25) is 0 Å². The fourth-order valence-electron chi connectivity index (χ4n) is 2.47. The maximum Gasteiger partial charge on any atom is 0.256 e. The van der Waals surface area contributed by atoms with Gasteiger partial charge >= 0.3 is 0 Å². The molecule has 2 heterocycles. The van der Waals surface area contributed by atoms with Crippen LogP contribution in [0.2, 0.25) is 0 Å². The summed E-state index contributed by atoms with van der Waals surface area (Å²) in [4.78, 5) is 8.84. The van der Waals surface area contributed by atoms with Crippen molar-refractivity contribution in [3.05, 3.63) is 78.1 Å². The summed E-state index contributed by atoms with van der Waals surface area (Å²) < 4.78 is 24.5. The molecule has 0 aliphatic carbocycles. The Kier molecular flexibility index (Phi) is 4.58. The number of hydrogen-bond acceptors (Lipinski definition) is 5. The van der Waals surface area contributed by atoms with E-state index in [1.165, 1.54) is 23.9 Å². The highest BCUT2D eigenvalue weighted by Crippen LogP contribution is 2.29. The van der Waals surface area contributed by atoms with Gasteiger partial charge in [-0.05, 0) is 43.3 Å². The fraction of sp³-hybridized carbons (Fsp3) is 0.100. The number of hydrogen-bond donors (Lipinski definition) is 0. The summed E-state index contributed by atoms with van der Waals surface area (Å²) in [5.41, 5.74) is 2.59. The largest absolute Gasteiger partial charge is 0.441 e. The Balaban J connectivity index is 1.46. The van der Waals surface area contributed by atoms with Gasteiger partial charge in [0.1, 0.15) is 11.6 Å². The first-order valence-electron chi connectivity index (χ1n) is 8.05. The Morgan fingerprint density at radius 1 is 0.962 bits per heavy atom. The van der Waals surface area contributed by atoms with Crippen LogP contribution in [0.25, 0.3) is 22.8 Å². The van der Waals surface area contributed by atoms with Gasteiger partial charge in [-0.15, -0.1) is 0 Å². The van der Waals surface area contributed by atoms with Gasteiger partial charge in [-0.2, -0.15) is 0 Å². The van der Waals surface area contributed by atoms with E-state index in [0.717, 1.165) is 22.6 Å². The minimum Gasteiger partial charge on any atom is -0.441 e. The molecule has 130 valence electrons. The van der Waals surface area contributed by atoms with E-state index < -0.39 is 0 Å². The molecular weight excluding hydrogens is 351 g/mol. The molecule has 0 aliphatic rings. The molecule has 0 aliphatic heterocycles.